The average molecular weight is 444 g/mol. The Balaban J connectivity index is 1.79. The summed E-state index contributed by atoms with van der Waals surface area (Å²) in [7, 11) is 3.16. The summed E-state index contributed by atoms with van der Waals surface area (Å²) in [4.78, 5) is 17.8. The third kappa shape index (κ3) is 3.22. The molecule has 8 heteroatoms. The van der Waals surface area contributed by atoms with Gasteiger partial charge >= 0.3 is 0 Å². The molecule has 0 aliphatic carbocycles. The Morgan fingerprint density at radius 2 is 1.89 bits per heavy atom. The van der Waals surface area contributed by atoms with E-state index in [0.29, 0.717) is 26.8 Å². The van der Waals surface area contributed by atoms with Crippen molar-refractivity contribution in [1.82, 2.24) is 14.6 Å². The standard InChI is InChI=1S/C19H14BrN3O3S/c1-25-14-8-7-11(9-15(14)26-2)10-16-18(24)23-19(27-16)21-17(22-23)12-5-3-4-6-13(12)20/h3-10H,1-2H3/b16-10+. The molecule has 0 aliphatic heterocycles. The Kier molecular flexibility index (Phi) is 4.67. The van der Waals surface area contributed by atoms with Crippen LogP contribution in [0, 0.1) is 0 Å². The maximum absolute atomic E-state index is 12.7. The van der Waals surface area contributed by atoms with Crippen molar-refractivity contribution in [2.24, 2.45) is 0 Å². The molecule has 0 bridgehead atoms. The van der Waals surface area contributed by atoms with E-state index < -0.39 is 0 Å². The van der Waals surface area contributed by atoms with Gasteiger partial charge in [-0.15, -0.1) is 5.10 Å². The molecule has 0 saturated carbocycles. The molecule has 0 fully saturated rings. The number of halogens is 1. The molecule has 0 spiro atoms. The van der Waals surface area contributed by atoms with Crippen LogP contribution in [-0.4, -0.2) is 28.8 Å². The van der Waals surface area contributed by atoms with Crippen molar-refractivity contribution in [2.45, 2.75) is 0 Å². The van der Waals surface area contributed by atoms with Gasteiger partial charge in [0.1, 0.15) is 0 Å². The third-order valence-corrected chi connectivity index (χ3v) is 5.65. The number of fused-ring (bicyclic) bond motifs is 1. The zero-order valence-electron chi connectivity index (χ0n) is 14.5. The lowest BCUT2D eigenvalue weighted by molar-refractivity contribution is 0.355. The molecule has 0 unspecified atom stereocenters. The van der Waals surface area contributed by atoms with Gasteiger partial charge in [0.2, 0.25) is 4.96 Å². The lowest BCUT2D eigenvalue weighted by Crippen LogP contribution is -2.23. The summed E-state index contributed by atoms with van der Waals surface area (Å²) in [5.41, 5.74) is 1.48. The van der Waals surface area contributed by atoms with Crippen LogP contribution in [0.1, 0.15) is 5.56 Å². The molecule has 27 heavy (non-hydrogen) atoms. The molecule has 2 aromatic carbocycles. The highest BCUT2D eigenvalue weighted by Crippen LogP contribution is 2.28. The molecule has 0 atom stereocenters. The van der Waals surface area contributed by atoms with Gasteiger partial charge in [0.05, 0.1) is 18.8 Å². The normalized spacial score (nSPS) is 11.9. The molecule has 0 N–H and O–H groups in total. The van der Waals surface area contributed by atoms with Gasteiger partial charge in [0.15, 0.2) is 17.3 Å². The second-order valence-electron chi connectivity index (χ2n) is 5.64. The number of ether oxygens (including phenoxy) is 2. The van der Waals surface area contributed by atoms with Gasteiger partial charge in [-0.25, -0.2) is 0 Å². The second-order valence-corrected chi connectivity index (χ2v) is 7.50. The molecular weight excluding hydrogens is 430 g/mol. The van der Waals surface area contributed by atoms with Crippen LogP contribution in [0.4, 0.5) is 0 Å². The minimum atomic E-state index is -0.199. The third-order valence-electron chi connectivity index (χ3n) is 4.00. The van der Waals surface area contributed by atoms with Gasteiger partial charge in [-0.05, 0) is 35.9 Å². The largest absolute Gasteiger partial charge is 0.493 e. The summed E-state index contributed by atoms with van der Waals surface area (Å²) >= 11 is 4.79. The van der Waals surface area contributed by atoms with E-state index in [1.807, 2.05) is 36.4 Å². The van der Waals surface area contributed by atoms with E-state index in [4.69, 9.17) is 9.47 Å². The van der Waals surface area contributed by atoms with Crippen LogP contribution in [0.25, 0.3) is 22.4 Å². The van der Waals surface area contributed by atoms with Crippen molar-refractivity contribution in [3.63, 3.8) is 0 Å². The number of hydrogen-bond acceptors (Lipinski definition) is 6. The van der Waals surface area contributed by atoms with E-state index in [1.165, 1.54) is 15.9 Å². The number of rotatable bonds is 4. The Hall–Kier alpha value is -2.71. The molecule has 2 aromatic heterocycles. The number of nitrogens with zero attached hydrogens (tertiary/aromatic N) is 3. The van der Waals surface area contributed by atoms with Crippen LogP contribution in [0.5, 0.6) is 11.5 Å². The Bertz CT molecular complexity index is 1250. The lowest BCUT2D eigenvalue weighted by Gasteiger charge is -2.07. The van der Waals surface area contributed by atoms with Crippen molar-refractivity contribution < 1.29 is 9.47 Å². The Morgan fingerprint density at radius 3 is 2.59 bits per heavy atom. The van der Waals surface area contributed by atoms with Gasteiger partial charge < -0.3 is 9.47 Å². The van der Waals surface area contributed by atoms with E-state index in [1.54, 1.807) is 26.4 Å². The number of benzene rings is 2. The molecule has 0 radical (unpaired) electrons. The van der Waals surface area contributed by atoms with Gasteiger partial charge in [0, 0.05) is 10.0 Å². The fraction of sp³-hybridized carbons (Fsp3) is 0.105. The first-order valence-electron chi connectivity index (χ1n) is 7.99. The predicted molar refractivity (Wildman–Crippen MR) is 109 cm³/mol. The number of methoxy groups -OCH3 is 2. The summed E-state index contributed by atoms with van der Waals surface area (Å²) in [5.74, 6) is 1.76. The Morgan fingerprint density at radius 1 is 1.11 bits per heavy atom. The summed E-state index contributed by atoms with van der Waals surface area (Å²) in [6, 6.07) is 13.1. The summed E-state index contributed by atoms with van der Waals surface area (Å²) in [6.07, 6.45) is 1.80. The smallest absolute Gasteiger partial charge is 0.291 e. The minimum absolute atomic E-state index is 0.199. The first kappa shape index (κ1) is 17.7. The zero-order valence-corrected chi connectivity index (χ0v) is 16.9. The van der Waals surface area contributed by atoms with E-state index in [2.05, 4.69) is 26.0 Å². The maximum atomic E-state index is 12.7. The van der Waals surface area contributed by atoms with Crippen molar-refractivity contribution >= 4 is 38.3 Å². The first-order chi connectivity index (χ1) is 13.1. The fourth-order valence-corrected chi connectivity index (χ4v) is 4.05. The van der Waals surface area contributed by atoms with Crippen molar-refractivity contribution in [2.75, 3.05) is 14.2 Å². The average Bonchev–Trinajstić information content (AvgIpc) is 3.21. The molecule has 4 rings (SSSR count). The van der Waals surface area contributed by atoms with Gasteiger partial charge in [-0.2, -0.15) is 9.50 Å². The highest BCUT2D eigenvalue weighted by atomic mass is 79.9. The van der Waals surface area contributed by atoms with Crippen LogP contribution in [0.15, 0.2) is 51.7 Å². The highest BCUT2D eigenvalue weighted by molar-refractivity contribution is 9.10. The molecule has 0 amide bonds. The van der Waals surface area contributed by atoms with Gasteiger partial charge in [0.25, 0.3) is 5.56 Å². The topological polar surface area (TPSA) is 65.7 Å². The molecular formula is C19H14BrN3O3S. The van der Waals surface area contributed by atoms with Gasteiger partial charge in [-0.1, -0.05) is 45.5 Å². The molecule has 4 aromatic rings. The SMILES string of the molecule is COc1ccc(/C=c2/sc3nc(-c4ccccc4Br)nn3c2=O)cc1OC. The predicted octanol–water partition coefficient (Wildman–Crippen LogP) is 3.15. The van der Waals surface area contributed by atoms with Crippen LogP contribution >= 0.6 is 27.3 Å². The van der Waals surface area contributed by atoms with Crippen LogP contribution < -0.4 is 19.6 Å². The monoisotopic (exact) mass is 443 g/mol. The Labute approximate surface area is 166 Å². The minimum Gasteiger partial charge on any atom is -0.493 e. The molecule has 2 heterocycles. The molecule has 0 saturated heterocycles. The highest BCUT2D eigenvalue weighted by Gasteiger charge is 2.14. The first-order valence-corrected chi connectivity index (χ1v) is 9.60. The van der Waals surface area contributed by atoms with Crippen LogP contribution in [0.2, 0.25) is 0 Å². The summed E-state index contributed by atoms with van der Waals surface area (Å²) in [5, 5.41) is 4.38. The molecule has 136 valence electrons. The van der Waals surface area contributed by atoms with Crippen LogP contribution in [-0.2, 0) is 0 Å². The quantitative estimate of drug-likeness (QED) is 0.484. The van der Waals surface area contributed by atoms with Crippen LogP contribution in [0.3, 0.4) is 0 Å². The second kappa shape index (κ2) is 7.13. The van der Waals surface area contributed by atoms with E-state index >= 15 is 0 Å². The van der Waals surface area contributed by atoms with E-state index in [-0.39, 0.29) is 5.56 Å². The van der Waals surface area contributed by atoms with Crippen molar-refractivity contribution in [1.29, 1.82) is 0 Å². The molecule has 6 nitrogen and oxygen atoms in total. The number of hydrogen-bond donors (Lipinski definition) is 0. The zero-order chi connectivity index (χ0) is 19.0. The summed E-state index contributed by atoms with van der Waals surface area (Å²) in [6.45, 7) is 0. The number of aromatic nitrogens is 3. The van der Waals surface area contributed by atoms with E-state index in [9.17, 15) is 4.79 Å². The van der Waals surface area contributed by atoms with Gasteiger partial charge in [-0.3, -0.25) is 4.79 Å². The maximum Gasteiger partial charge on any atom is 0.291 e. The lowest BCUT2D eigenvalue weighted by atomic mass is 10.2. The van der Waals surface area contributed by atoms with E-state index in [0.717, 1.165) is 15.6 Å². The van der Waals surface area contributed by atoms with Crippen molar-refractivity contribution in [3.8, 4) is 22.9 Å². The molecule has 0 aliphatic rings. The fourth-order valence-electron chi connectivity index (χ4n) is 2.68. The summed E-state index contributed by atoms with van der Waals surface area (Å²) < 4.78 is 13.3. The number of thiazole rings is 1. The van der Waals surface area contributed by atoms with Crippen molar-refractivity contribution in [3.05, 3.63) is 67.4 Å².